The zero-order valence-corrected chi connectivity index (χ0v) is 17.1. The summed E-state index contributed by atoms with van der Waals surface area (Å²) in [4.78, 5) is 34.5. The molecule has 11 heteroatoms. The summed E-state index contributed by atoms with van der Waals surface area (Å²) in [5, 5.41) is 0.406. The number of aryl methyl sites for hydroxylation is 1. The number of fused-ring (bicyclic) bond motifs is 1. The number of hydrogen-bond acceptors (Lipinski definition) is 8. The van der Waals surface area contributed by atoms with E-state index in [-0.39, 0.29) is 11.3 Å². The van der Waals surface area contributed by atoms with Crippen molar-refractivity contribution < 1.29 is 17.9 Å². The number of hydrogen-bond donors (Lipinski definition) is 1. The van der Waals surface area contributed by atoms with E-state index in [4.69, 9.17) is 4.74 Å². The fraction of sp³-hybridized carbons (Fsp3) is 0.562. The van der Waals surface area contributed by atoms with Gasteiger partial charge in [0, 0.05) is 26.2 Å². The first-order valence-electron chi connectivity index (χ1n) is 8.57. The van der Waals surface area contributed by atoms with Crippen molar-refractivity contribution in [2.45, 2.75) is 20.4 Å². The lowest BCUT2D eigenvalue weighted by atomic mass is 10.2. The van der Waals surface area contributed by atoms with Gasteiger partial charge in [-0.25, -0.2) is 18.2 Å². The first-order chi connectivity index (χ1) is 12.8. The molecule has 0 atom stereocenters. The van der Waals surface area contributed by atoms with Crippen LogP contribution in [-0.4, -0.2) is 72.6 Å². The van der Waals surface area contributed by atoms with Crippen molar-refractivity contribution in [2.24, 2.45) is 0 Å². The van der Waals surface area contributed by atoms with Crippen LogP contribution in [0.5, 0.6) is 0 Å². The largest absolute Gasteiger partial charge is 0.465 e. The smallest absolute Gasteiger partial charge is 0.348 e. The monoisotopic (exact) mass is 414 g/mol. The normalized spacial score (nSPS) is 16.7. The highest BCUT2D eigenvalue weighted by molar-refractivity contribution is 7.89. The van der Waals surface area contributed by atoms with Gasteiger partial charge in [0.05, 0.1) is 24.8 Å². The molecule has 148 valence electrons. The molecule has 0 saturated carbocycles. The third-order valence-electron chi connectivity index (χ3n) is 4.68. The Bertz CT molecular complexity index is 1020. The van der Waals surface area contributed by atoms with Crippen LogP contribution in [0.2, 0.25) is 0 Å². The Balaban J connectivity index is 1.79. The van der Waals surface area contributed by atoms with Gasteiger partial charge in [-0.2, -0.15) is 4.31 Å². The number of ether oxygens (including phenoxy) is 1. The molecule has 2 aromatic rings. The minimum Gasteiger partial charge on any atom is -0.465 e. The van der Waals surface area contributed by atoms with E-state index in [0.717, 1.165) is 11.3 Å². The van der Waals surface area contributed by atoms with Gasteiger partial charge in [-0.3, -0.25) is 9.69 Å². The molecule has 9 nitrogen and oxygen atoms in total. The maximum atomic E-state index is 12.5. The maximum Gasteiger partial charge on any atom is 0.348 e. The highest BCUT2D eigenvalue weighted by atomic mass is 32.2. The van der Waals surface area contributed by atoms with Gasteiger partial charge >= 0.3 is 5.97 Å². The number of carbonyl (C=O) groups is 1. The van der Waals surface area contributed by atoms with Gasteiger partial charge in [0.2, 0.25) is 10.0 Å². The summed E-state index contributed by atoms with van der Waals surface area (Å²) >= 11 is 1.14. The first-order valence-corrected chi connectivity index (χ1v) is 11.0. The Labute approximate surface area is 161 Å². The van der Waals surface area contributed by atoms with Crippen LogP contribution in [0.25, 0.3) is 10.2 Å². The number of rotatable bonds is 5. The van der Waals surface area contributed by atoms with Crippen LogP contribution in [0.3, 0.4) is 0 Å². The Kier molecular flexibility index (Phi) is 5.65. The minimum absolute atomic E-state index is 0.0960. The van der Waals surface area contributed by atoms with Crippen molar-refractivity contribution in [1.29, 1.82) is 0 Å². The van der Waals surface area contributed by atoms with E-state index in [2.05, 4.69) is 9.97 Å². The highest BCUT2D eigenvalue weighted by Crippen LogP contribution is 2.27. The van der Waals surface area contributed by atoms with E-state index in [1.54, 1.807) is 13.8 Å². The van der Waals surface area contributed by atoms with Gasteiger partial charge in [-0.05, 0) is 19.4 Å². The van der Waals surface area contributed by atoms with E-state index in [0.29, 0.717) is 59.2 Å². The SMILES string of the molecule is CCS(=O)(=O)N1CCN(Cc2nc3sc(C(=O)OC)c(C)c3c(=O)[nH]2)CC1. The lowest BCUT2D eigenvalue weighted by Crippen LogP contribution is -2.48. The van der Waals surface area contributed by atoms with Gasteiger partial charge in [0.1, 0.15) is 15.5 Å². The van der Waals surface area contributed by atoms with Crippen molar-refractivity contribution in [1.82, 2.24) is 19.2 Å². The number of carbonyl (C=O) groups excluding carboxylic acids is 1. The zero-order valence-electron chi connectivity index (χ0n) is 15.4. The van der Waals surface area contributed by atoms with Gasteiger partial charge in [-0.1, -0.05) is 0 Å². The molecule has 0 radical (unpaired) electrons. The quantitative estimate of drug-likeness (QED) is 0.711. The Morgan fingerprint density at radius 3 is 2.56 bits per heavy atom. The third kappa shape index (κ3) is 3.91. The summed E-state index contributed by atoms with van der Waals surface area (Å²) in [6.07, 6.45) is 0. The minimum atomic E-state index is -3.17. The molecule has 3 heterocycles. The second kappa shape index (κ2) is 7.66. The average molecular weight is 415 g/mol. The van der Waals surface area contributed by atoms with Crippen LogP contribution in [0, 0.1) is 6.92 Å². The number of H-pyrrole nitrogens is 1. The number of esters is 1. The van der Waals surface area contributed by atoms with Crippen LogP contribution in [0.1, 0.15) is 28.0 Å². The van der Waals surface area contributed by atoms with Crippen molar-refractivity contribution >= 4 is 37.5 Å². The van der Waals surface area contributed by atoms with E-state index < -0.39 is 16.0 Å². The van der Waals surface area contributed by atoms with Crippen molar-refractivity contribution in [2.75, 3.05) is 39.0 Å². The molecule has 0 aliphatic carbocycles. The number of aromatic nitrogens is 2. The predicted molar refractivity (Wildman–Crippen MR) is 103 cm³/mol. The van der Waals surface area contributed by atoms with Gasteiger partial charge in [0.15, 0.2) is 0 Å². The molecule has 2 aromatic heterocycles. The Morgan fingerprint density at radius 2 is 1.96 bits per heavy atom. The number of sulfonamides is 1. The van der Waals surface area contributed by atoms with E-state index in [9.17, 15) is 18.0 Å². The maximum absolute atomic E-state index is 12.5. The first kappa shape index (κ1) is 19.9. The lowest BCUT2D eigenvalue weighted by molar-refractivity contribution is 0.0605. The van der Waals surface area contributed by atoms with Crippen molar-refractivity contribution in [3.05, 3.63) is 26.6 Å². The lowest BCUT2D eigenvalue weighted by Gasteiger charge is -2.33. The molecule has 1 fully saturated rings. The Morgan fingerprint density at radius 1 is 1.30 bits per heavy atom. The van der Waals surface area contributed by atoms with Crippen LogP contribution in [0.4, 0.5) is 0 Å². The molecule has 27 heavy (non-hydrogen) atoms. The van der Waals surface area contributed by atoms with Crippen molar-refractivity contribution in [3.63, 3.8) is 0 Å². The number of nitrogens with one attached hydrogen (secondary N) is 1. The molecule has 1 N–H and O–H groups in total. The molecule has 0 spiro atoms. The molecular formula is C16H22N4O5S2. The van der Waals surface area contributed by atoms with Crippen LogP contribution >= 0.6 is 11.3 Å². The second-order valence-corrected chi connectivity index (χ2v) is 9.57. The van der Waals surface area contributed by atoms with Gasteiger partial charge in [-0.15, -0.1) is 11.3 Å². The molecule has 1 saturated heterocycles. The number of nitrogens with zero attached hydrogens (tertiary/aromatic N) is 3. The Hall–Kier alpha value is -1.82. The van der Waals surface area contributed by atoms with E-state index in [1.165, 1.54) is 11.4 Å². The number of thiophene rings is 1. The van der Waals surface area contributed by atoms with E-state index in [1.807, 2.05) is 4.90 Å². The number of aromatic amines is 1. The van der Waals surface area contributed by atoms with E-state index >= 15 is 0 Å². The summed E-state index contributed by atoms with van der Waals surface area (Å²) in [6, 6.07) is 0. The molecule has 0 unspecified atom stereocenters. The molecule has 0 bridgehead atoms. The summed E-state index contributed by atoms with van der Waals surface area (Å²) < 4.78 is 30.1. The number of methoxy groups -OCH3 is 1. The standard InChI is InChI=1S/C16H22N4O5S2/c1-4-27(23,24)20-7-5-19(6-8-20)9-11-17-14(21)12-10(2)13(16(22)25-3)26-15(12)18-11/h4-9H2,1-3H3,(H,17,18,21). The second-order valence-electron chi connectivity index (χ2n) is 6.32. The van der Waals surface area contributed by atoms with Crippen molar-refractivity contribution in [3.8, 4) is 0 Å². The molecule has 0 aromatic carbocycles. The predicted octanol–water partition coefficient (Wildman–Crippen LogP) is 0.547. The summed E-state index contributed by atoms with van der Waals surface area (Å²) in [6.45, 7) is 5.73. The van der Waals surface area contributed by atoms with Crippen LogP contribution < -0.4 is 5.56 Å². The number of piperazine rings is 1. The molecule has 1 aliphatic rings. The fourth-order valence-electron chi connectivity index (χ4n) is 3.11. The van der Waals surface area contributed by atoms with Gasteiger partial charge in [0.25, 0.3) is 5.56 Å². The average Bonchev–Trinajstić information content (AvgIpc) is 2.98. The summed E-state index contributed by atoms with van der Waals surface area (Å²) in [5.74, 6) is 0.111. The summed E-state index contributed by atoms with van der Waals surface area (Å²) in [5.41, 5.74) is 0.284. The third-order valence-corrected chi connectivity index (χ3v) is 7.73. The fourth-order valence-corrected chi connectivity index (χ4v) is 5.31. The van der Waals surface area contributed by atoms with Crippen LogP contribution in [0.15, 0.2) is 4.79 Å². The highest BCUT2D eigenvalue weighted by Gasteiger charge is 2.26. The molecular weight excluding hydrogens is 392 g/mol. The topological polar surface area (TPSA) is 113 Å². The molecule has 3 rings (SSSR count). The zero-order chi connectivity index (χ0) is 19.8. The van der Waals surface area contributed by atoms with Gasteiger partial charge < -0.3 is 9.72 Å². The van der Waals surface area contributed by atoms with Crippen LogP contribution in [-0.2, 0) is 21.3 Å². The molecule has 1 aliphatic heterocycles. The summed E-state index contributed by atoms with van der Waals surface area (Å²) in [7, 11) is -1.88. The molecule has 0 amide bonds.